The fourth-order valence-corrected chi connectivity index (χ4v) is 3.32. The molecule has 0 radical (unpaired) electrons. The summed E-state index contributed by atoms with van der Waals surface area (Å²) in [4.78, 5) is 12.7. The monoisotopic (exact) mass is 436 g/mol. The van der Waals surface area contributed by atoms with Crippen molar-refractivity contribution in [1.82, 2.24) is 10.2 Å². The molecule has 0 saturated carbocycles. The number of benzene rings is 3. The van der Waals surface area contributed by atoms with E-state index in [4.69, 9.17) is 0 Å². The first-order chi connectivity index (χ1) is 15.3. The van der Waals surface area contributed by atoms with Gasteiger partial charge < -0.3 is 10.6 Å². The molecule has 0 saturated heterocycles. The Hall–Kier alpha value is -3.94. The van der Waals surface area contributed by atoms with Gasteiger partial charge in [-0.1, -0.05) is 42.5 Å². The smallest absolute Gasteiger partial charge is 0.364 e. The van der Waals surface area contributed by atoms with E-state index in [1.165, 1.54) is 12.1 Å². The van der Waals surface area contributed by atoms with Gasteiger partial charge >= 0.3 is 6.18 Å². The van der Waals surface area contributed by atoms with Crippen LogP contribution in [0.5, 0.6) is 0 Å². The minimum Gasteiger partial charge on any atom is -0.364 e. The third-order valence-electron chi connectivity index (χ3n) is 4.98. The van der Waals surface area contributed by atoms with Gasteiger partial charge in [0.2, 0.25) is 0 Å². The van der Waals surface area contributed by atoms with Crippen LogP contribution < -0.4 is 10.6 Å². The Balaban J connectivity index is 1.61. The molecule has 4 aromatic rings. The molecule has 0 aliphatic heterocycles. The first-order valence-corrected chi connectivity index (χ1v) is 9.85. The lowest BCUT2D eigenvalue weighted by atomic mass is 10.1. The second-order valence-electron chi connectivity index (χ2n) is 7.27. The van der Waals surface area contributed by atoms with Crippen molar-refractivity contribution in [2.45, 2.75) is 19.6 Å². The molecular formula is C24H19F3N4O. The quantitative estimate of drug-likeness (QED) is 0.414. The number of anilines is 2. The fourth-order valence-electron chi connectivity index (χ4n) is 3.32. The number of nitrogens with zero attached hydrogens (tertiary/aromatic N) is 2. The summed E-state index contributed by atoms with van der Waals surface area (Å²) >= 11 is 0. The van der Waals surface area contributed by atoms with Crippen LogP contribution in [0, 0.1) is 6.92 Å². The van der Waals surface area contributed by atoms with Gasteiger partial charge in [0.15, 0.2) is 5.82 Å². The van der Waals surface area contributed by atoms with Crippen molar-refractivity contribution in [3.05, 3.63) is 95.2 Å². The molecule has 0 atom stereocenters. The van der Waals surface area contributed by atoms with Crippen LogP contribution in [0.4, 0.5) is 24.7 Å². The van der Waals surface area contributed by atoms with Gasteiger partial charge in [-0.05, 0) is 42.8 Å². The first kappa shape index (κ1) is 21.3. The van der Waals surface area contributed by atoms with Gasteiger partial charge in [-0.2, -0.15) is 18.3 Å². The number of nitrogens with one attached hydrogen (secondary N) is 2. The zero-order valence-electron chi connectivity index (χ0n) is 17.1. The molecule has 3 aromatic carbocycles. The summed E-state index contributed by atoms with van der Waals surface area (Å²) in [5.74, 6) is -0.00197. The number of aromatic nitrogens is 2. The van der Waals surface area contributed by atoms with E-state index in [1.807, 2.05) is 37.3 Å². The molecule has 1 amide bonds. The van der Waals surface area contributed by atoms with Crippen LogP contribution in [-0.4, -0.2) is 16.1 Å². The van der Waals surface area contributed by atoms with Crippen LogP contribution in [0.2, 0.25) is 0 Å². The topological polar surface area (TPSA) is 66.9 Å². The lowest BCUT2D eigenvalue weighted by Gasteiger charge is -2.12. The molecule has 1 heterocycles. The SMILES string of the molecule is Cc1nnc(NCc2ccccc2)c2cc(C(=O)Nc3cccc(C(F)(F)F)c3)ccc12. The number of amides is 1. The summed E-state index contributed by atoms with van der Waals surface area (Å²) in [7, 11) is 0. The second-order valence-corrected chi connectivity index (χ2v) is 7.27. The van der Waals surface area contributed by atoms with Gasteiger partial charge in [-0.25, -0.2) is 0 Å². The lowest BCUT2D eigenvalue weighted by Crippen LogP contribution is -2.13. The predicted octanol–water partition coefficient (Wildman–Crippen LogP) is 5.82. The molecule has 162 valence electrons. The number of carbonyl (C=O) groups is 1. The van der Waals surface area contributed by atoms with E-state index in [0.29, 0.717) is 29.0 Å². The third kappa shape index (κ3) is 4.69. The molecule has 1 aromatic heterocycles. The van der Waals surface area contributed by atoms with Gasteiger partial charge in [0, 0.05) is 28.6 Å². The number of rotatable bonds is 5. The molecule has 0 bridgehead atoms. The molecule has 8 heteroatoms. The van der Waals surface area contributed by atoms with Crippen molar-refractivity contribution in [3.63, 3.8) is 0 Å². The van der Waals surface area contributed by atoms with Crippen LogP contribution in [-0.2, 0) is 12.7 Å². The Morgan fingerprint density at radius 3 is 2.44 bits per heavy atom. The molecule has 2 N–H and O–H groups in total. The van der Waals surface area contributed by atoms with E-state index in [-0.39, 0.29) is 5.69 Å². The van der Waals surface area contributed by atoms with Crippen molar-refractivity contribution in [1.29, 1.82) is 0 Å². The number of alkyl halides is 3. The number of carbonyl (C=O) groups excluding carboxylic acids is 1. The van der Waals surface area contributed by atoms with Gasteiger partial charge in [-0.3, -0.25) is 4.79 Å². The number of hydrogen-bond acceptors (Lipinski definition) is 4. The average Bonchev–Trinajstić information content (AvgIpc) is 2.79. The molecular weight excluding hydrogens is 417 g/mol. The average molecular weight is 436 g/mol. The maximum absolute atomic E-state index is 12.9. The molecule has 0 aliphatic carbocycles. The Labute approximate surface area is 182 Å². The van der Waals surface area contributed by atoms with E-state index < -0.39 is 17.6 Å². The molecule has 0 unspecified atom stereocenters. The highest BCUT2D eigenvalue weighted by Gasteiger charge is 2.30. The predicted molar refractivity (Wildman–Crippen MR) is 117 cm³/mol. The maximum atomic E-state index is 12.9. The normalized spacial score (nSPS) is 11.4. The Bertz CT molecular complexity index is 1270. The van der Waals surface area contributed by atoms with Crippen molar-refractivity contribution in [3.8, 4) is 0 Å². The minimum atomic E-state index is -4.49. The standard InChI is InChI=1S/C24H19F3N4O/c1-15-20-11-10-17(23(32)29-19-9-5-8-18(13-19)24(25,26)27)12-21(20)22(31-30-15)28-14-16-6-3-2-4-7-16/h2-13H,14H2,1H3,(H,28,31)(H,29,32). The highest BCUT2D eigenvalue weighted by Crippen LogP contribution is 2.31. The largest absolute Gasteiger partial charge is 0.416 e. The fraction of sp³-hybridized carbons (Fsp3) is 0.125. The number of fused-ring (bicyclic) bond motifs is 1. The van der Waals surface area contributed by atoms with E-state index >= 15 is 0 Å². The van der Waals surface area contributed by atoms with Crippen LogP contribution >= 0.6 is 0 Å². The molecule has 4 rings (SSSR count). The van der Waals surface area contributed by atoms with Crippen LogP contribution in [0.25, 0.3) is 10.8 Å². The zero-order valence-corrected chi connectivity index (χ0v) is 17.1. The minimum absolute atomic E-state index is 0.0661. The number of halogens is 3. The summed E-state index contributed by atoms with van der Waals surface area (Å²) in [6.07, 6.45) is -4.49. The van der Waals surface area contributed by atoms with E-state index in [0.717, 1.165) is 23.1 Å². The molecule has 0 fully saturated rings. The van der Waals surface area contributed by atoms with E-state index in [1.54, 1.807) is 18.2 Å². The maximum Gasteiger partial charge on any atom is 0.416 e. The van der Waals surface area contributed by atoms with Gasteiger partial charge in [0.1, 0.15) is 0 Å². The summed E-state index contributed by atoms with van der Waals surface area (Å²) in [6.45, 7) is 2.34. The summed E-state index contributed by atoms with van der Waals surface area (Å²) < 4.78 is 38.8. The van der Waals surface area contributed by atoms with Crippen molar-refractivity contribution < 1.29 is 18.0 Å². The zero-order chi connectivity index (χ0) is 22.7. The second kappa shape index (κ2) is 8.66. The highest BCUT2D eigenvalue weighted by atomic mass is 19.4. The Morgan fingerprint density at radius 1 is 0.906 bits per heavy atom. The van der Waals surface area contributed by atoms with Crippen LogP contribution in [0.1, 0.15) is 27.2 Å². The molecule has 32 heavy (non-hydrogen) atoms. The first-order valence-electron chi connectivity index (χ1n) is 9.85. The summed E-state index contributed by atoms with van der Waals surface area (Å²) in [5, 5.41) is 15.7. The lowest BCUT2D eigenvalue weighted by molar-refractivity contribution is -0.137. The summed E-state index contributed by atoms with van der Waals surface area (Å²) in [6, 6.07) is 19.3. The van der Waals surface area contributed by atoms with E-state index in [2.05, 4.69) is 20.8 Å². The Kier molecular flexibility index (Phi) is 5.77. The molecule has 0 spiro atoms. The van der Waals surface area contributed by atoms with E-state index in [9.17, 15) is 18.0 Å². The summed E-state index contributed by atoms with van der Waals surface area (Å²) in [5.41, 5.74) is 1.30. The van der Waals surface area contributed by atoms with Crippen molar-refractivity contribution in [2.75, 3.05) is 10.6 Å². The third-order valence-corrected chi connectivity index (χ3v) is 4.98. The van der Waals surface area contributed by atoms with Crippen molar-refractivity contribution >= 4 is 28.2 Å². The van der Waals surface area contributed by atoms with Crippen molar-refractivity contribution in [2.24, 2.45) is 0 Å². The van der Waals surface area contributed by atoms with Gasteiger partial charge in [-0.15, -0.1) is 5.10 Å². The molecule has 5 nitrogen and oxygen atoms in total. The molecule has 0 aliphatic rings. The van der Waals surface area contributed by atoms with Gasteiger partial charge in [0.05, 0.1) is 11.3 Å². The number of aryl methyl sites for hydroxylation is 1. The Morgan fingerprint density at radius 2 is 1.69 bits per heavy atom. The van der Waals surface area contributed by atoms with Crippen LogP contribution in [0.15, 0.2) is 72.8 Å². The van der Waals surface area contributed by atoms with Gasteiger partial charge in [0.25, 0.3) is 5.91 Å². The highest BCUT2D eigenvalue weighted by molar-refractivity contribution is 6.07. The van der Waals surface area contributed by atoms with Crippen LogP contribution in [0.3, 0.4) is 0 Å². The number of hydrogen-bond donors (Lipinski definition) is 2.